The van der Waals surface area contributed by atoms with Crippen LogP contribution in [0.5, 0.6) is 0 Å². The van der Waals surface area contributed by atoms with E-state index in [1.165, 1.54) is 38.9 Å². The van der Waals surface area contributed by atoms with Crippen molar-refractivity contribution in [3.05, 3.63) is 24.2 Å². The van der Waals surface area contributed by atoms with Gasteiger partial charge in [-0.15, -0.1) is 0 Å². The SMILES string of the molecule is CCNC(=NCCCCN1CCC(C)CC1)N1CCN(C(=O)c2ccco2)CC1. The molecule has 7 heteroatoms. The number of piperazine rings is 1. The molecule has 162 valence electrons. The van der Waals surface area contributed by atoms with E-state index in [1.807, 2.05) is 4.90 Å². The van der Waals surface area contributed by atoms with Crippen molar-refractivity contribution in [2.24, 2.45) is 10.9 Å². The third kappa shape index (κ3) is 6.49. The molecule has 1 N–H and O–H groups in total. The summed E-state index contributed by atoms with van der Waals surface area (Å²) in [7, 11) is 0. The van der Waals surface area contributed by atoms with Gasteiger partial charge < -0.3 is 24.4 Å². The summed E-state index contributed by atoms with van der Waals surface area (Å²) in [5.74, 6) is 2.27. The number of carbonyl (C=O) groups is 1. The summed E-state index contributed by atoms with van der Waals surface area (Å²) in [6, 6.07) is 3.48. The summed E-state index contributed by atoms with van der Waals surface area (Å²) in [6.07, 6.45) is 6.57. The first-order valence-electron chi connectivity index (χ1n) is 11.3. The highest BCUT2D eigenvalue weighted by Crippen LogP contribution is 2.16. The fourth-order valence-electron chi connectivity index (χ4n) is 4.02. The fourth-order valence-corrected chi connectivity index (χ4v) is 4.02. The molecule has 7 nitrogen and oxygen atoms in total. The van der Waals surface area contributed by atoms with Crippen LogP contribution in [0.25, 0.3) is 0 Å². The van der Waals surface area contributed by atoms with Crippen molar-refractivity contribution in [2.75, 3.05) is 58.9 Å². The molecule has 2 saturated heterocycles. The van der Waals surface area contributed by atoms with Gasteiger partial charge in [-0.05, 0) is 70.3 Å². The lowest BCUT2D eigenvalue weighted by Gasteiger charge is -2.36. The van der Waals surface area contributed by atoms with Gasteiger partial charge in [0.15, 0.2) is 11.7 Å². The first kappa shape index (κ1) is 21.7. The Balaban J connectivity index is 1.39. The van der Waals surface area contributed by atoms with E-state index in [-0.39, 0.29) is 5.91 Å². The Hall–Kier alpha value is -2.02. The van der Waals surface area contributed by atoms with Gasteiger partial charge in [0.1, 0.15) is 0 Å². The van der Waals surface area contributed by atoms with Crippen LogP contribution in [0.4, 0.5) is 0 Å². The molecule has 0 saturated carbocycles. The molecule has 29 heavy (non-hydrogen) atoms. The number of piperidine rings is 1. The number of hydrogen-bond donors (Lipinski definition) is 1. The summed E-state index contributed by atoms with van der Waals surface area (Å²) < 4.78 is 5.24. The molecule has 1 aromatic rings. The number of aliphatic imine (C=N–C) groups is 1. The smallest absolute Gasteiger partial charge is 0.289 e. The van der Waals surface area contributed by atoms with Crippen molar-refractivity contribution in [3.8, 4) is 0 Å². The standard InChI is InChI=1S/C22H37N5O2/c1-3-23-22(24-10-4-5-11-25-12-8-19(2)9-13-25)27-16-14-26(15-17-27)21(28)20-7-6-18-29-20/h6-7,18-19H,3-5,8-17H2,1-2H3,(H,23,24). The zero-order valence-corrected chi connectivity index (χ0v) is 18.1. The summed E-state index contributed by atoms with van der Waals surface area (Å²) in [4.78, 5) is 24.0. The van der Waals surface area contributed by atoms with Crippen LogP contribution in [0.15, 0.2) is 27.8 Å². The molecule has 0 aliphatic carbocycles. The molecule has 0 unspecified atom stereocenters. The molecule has 2 fully saturated rings. The predicted octanol–water partition coefficient (Wildman–Crippen LogP) is 2.52. The summed E-state index contributed by atoms with van der Waals surface area (Å²) in [5.41, 5.74) is 0. The number of likely N-dealkylation sites (tertiary alicyclic amines) is 1. The van der Waals surface area contributed by atoms with Crippen LogP contribution in [-0.4, -0.2) is 85.5 Å². The Morgan fingerprint density at radius 2 is 1.86 bits per heavy atom. The molecule has 0 aromatic carbocycles. The van der Waals surface area contributed by atoms with Crippen LogP contribution in [-0.2, 0) is 0 Å². The van der Waals surface area contributed by atoms with E-state index in [0.29, 0.717) is 18.8 Å². The van der Waals surface area contributed by atoms with E-state index >= 15 is 0 Å². The van der Waals surface area contributed by atoms with Gasteiger partial charge in [-0.25, -0.2) is 0 Å². The third-order valence-electron chi connectivity index (χ3n) is 5.95. The third-order valence-corrected chi connectivity index (χ3v) is 5.95. The number of furan rings is 1. The number of hydrogen-bond acceptors (Lipinski definition) is 4. The minimum atomic E-state index is -0.0244. The second kappa shape index (κ2) is 11.2. The Morgan fingerprint density at radius 3 is 2.52 bits per heavy atom. The Kier molecular flexibility index (Phi) is 8.40. The number of amides is 1. The first-order valence-corrected chi connectivity index (χ1v) is 11.3. The number of nitrogens with one attached hydrogen (secondary N) is 1. The topological polar surface area (TPSA) is 64.3 Å². The molecule has 2 aliphatic rings. The molecule has 1 amide bonds. The van der Waals surface area contributed by atoms with Crippen LogP contribution in [0.3, 0.4) is 0 Å². The second-order valence-corrected chi connectivity index (χ2v) is 8.22. The largest absolute Gasteiger partial charge is 0.459 e. The van der Waals surface area contributed by atoms with Gasteiger partial charge in [-0.1, -0.05) is 6.92 Å². The average molecular weight is 404 g/mol. The van der Waals surface area contributed by atoms with Crippen molar-refractivity contribution >= 4 is 11.9 Å². The highest BCUT2D eigenvalue weighted by atomic mass is 16.3. The number of unbranched alkanes of at least 4 members (excludes halogenated alkanes) is 1. The minimum absolute atomic E-state index is 0.0244. The van der Waals surface area contributed by atoms with Gasteiger partial charge in [0.05, 0.1) is 6.26 Å². The van der Waals surface area contributed by atoms with E-state index in [1.54, 1.807) is 18.4 Å². The molecule has 3 heterocycles. The van der Waals surface area contributed by atoms with Gasteiger partial charge in [-0.2, -0.15) is 0 Å². The molecule has 2 aliphatic heterocycles. The maximum absolute atomic E-state index is 12.4. The normalized spacial score (nSPS) is 19.6. The van der Waals surface area contributed by atoms with Crippen molar-refractivity contribution in [1.82, 2.24) is 20.0 Å². The maximum Gasteiger partial charge on any atom is 0.289 e. The van der Waals surface area contributed by atoms with Crippen molar-refractivity contribution < 1.29 is 9.21 Å². The zero-order chi connectivity index (χ0) is 20.5. The van der Waals surface area contributed by atoms with E-state index in [4.69, 9.17) is 9.41 Å². The summed E-state index contributed by atoms with van der Waals surface area (Å²) in [5, 5.41) is 3.41. The Labute approximate surface area is 175 Å². The van der Waals surface area contributed by atoms with E-state index in [2.05, 4.69) is 29.0 Å². The lowest BCUT2D eigenvalue weighted by atomic mass is 9.99. The minimum Gasteiger partial charge on any atom is -0.459 e. The van der Waals surface area contributed by atoms with Gasteiger partial charge in [-0.3, -0.25) is 9.79 Å². The predicted molar refractivity (Wildman–Crippen MR) is 116 cm³/mol. The summed E-state index contributed by atoms with van der Waals surface area (Å²) >= 11 is 0. The van der Waals surface area contributed by atoms with Crippen LogP contribution >= 0.6 is 0 Å². The van der Waals surface area contributed by atoms with E-state index in [9.17, 15) is 4.79 Å². The molecule has 0 spiro atoms. The monoisotopic (exact) mass is 403 g/mol. The van der Waals surface area contributed by atoms with E-state index in [0.717, 1.165) is 44.5 Å². The van der Waals surface area contributed by atoms with Crippen LogP contribution in [0.2, 0.25) is 0 Å². The highest BCUT2D eigenvalue weighted by molar-refractivity contribution is 5.91. The molecule has 3 rings (SSSR count). The second-order valence-electron chi connectivity index (χ2n) is 8.22. The van der Waals surface area contributed by atoms with E-state index < -0.39 is 0 Å². The highest BCUT2D eigenvalue weighted by Gasteiger charge is 2.25. The molecule has 1 aromatic heterocycles. The van der Waals surface area contributed by atoms with Crippen LogP contribution in [0, 0.1) is 5.92 Å². The number of rotatable bonds is 7. The molecule has 0 atom stereocenters. The number of nitrogens with zero attached hydrogens (tertiary/aromatic N) is 4. The first-order chi connectivity index (χ1) is 14.2. The van der Waals surface area contributed by atoms with Gasteiger partial charge in [0.25, 0.3) is 5.91 Å². The molecular formula is C22H37N5O2. The molecular weight excluding hydrogens is 366 g/mol. The Morgan fingerprint density at radius 1 is 1.14 bits per heavy atom. The summed E-state index contributed by atoms with van der Waals surface area (Å²) in [6.45, 7) is 12.9. The quantitative estimate of drug-likeness (QED) is 0.431. The van der Waals surface area contributed by atoms with Gasteiger partial charge in [0.2, 0.25) is 0 Å². The lowest BCUT2D eigenvalue weighted by molar-refractivity contribution is 0.0657. The Bertz CT molecular complexity index is 630. The van der Waals surface area contributed by atoms with Crippen molar-refractivity contribution in [2.45, 2.75) is 39.5 Å². The van der Waals surface area contributed by atoms with Crippen LogP contribution in [0.1, 0.15) is 50.1 Å². The zero-order valence-electron chi connectivity index (χ0n) is 18.1. The number of guanidine groups is 1. The van der Waals surface area contributed by atoms with Gasteiger partial charge in [0, 0.05) is 39.3 Å². The van der Waals surface area contributed by atoms with Crippen molar-refractivity contribution in [3.63, 3.8) is 0 Å². The van der Waals surface area contributed by atoms with Gasteiger partial charge >= 0.3 is 0 Å². The van der Waals surface area contributed by atoms with Crippen LogP contribution < -0.4 is 5.32 Å². The maximum atomic E-state index is 12.4. The molecule has 0 bridgehead atoms. The molecule has 0 radical (unpaired) electrons. The lowest BCUT2D eigenvalue weighted by Crippen LogP contribution is -2.53. The number of carbonyl (C=O) groups excluding carboxylic acids is 1. The average Bonchev–Trinajstić information content (AvgIpc) is 3.29. The van der Waals surface area contributed by atoms with Crippen molar-refractivity contribution in [1.29, 1.82) is 0 Å². The fraction of sp³-hybridized carbons (Fsp3) is 0.727.